The molecule has 1 rings (SSSR count). The minimum atomic E-state index is -0.502. The van der Waals surface area contributed by atoms with Crippen molar-refractivity contribution in [2.24, 2.45) is 0 Å². The molecule has 86 valence electrons. The number of nitro benzene ring substituents is 1. The van der Waals surface area contributed by atoms with E-state index in [2.05, 4.69) is 20.7 Å². The van der Waals surface area contributed by atoms with Gasteiger partial charge in [-0.3, -0.25) is 14.9 Å². The van der Waals surface area contributed by atoms with Crippen LogP contribution in [0.2, 0.25) is 0 Å². The molecule has 16 heavy (non-hydrogen) atoms. The first kappa shape index (κ1) is 12.6. The summed E-state index contributed by atoms with van der Waals surface area (Å²) in [6, 6.07) is 3.01. The summed E-state index contributed by atoms with van der Waals surface area (Å²) in [6.07, 6.45) is -0.105. The van der Waals surface area contributed by atoms with Crippen LogP contribution in [0.15, 0.2) is 16.6 Å². The quantitative estimate of drug-likeness (QED) is 0.486. The molecule has 0 aliphatic heterocycles. The Labute approximate surface area is 101 Å². The van der Waals surface area contributed by atoms with Gasteiger partial charge in [0.25, 0.3) is 5.69 Å². The molecule has 0 unspecified atom stereocenters. The van der Waals surface area contributed by atoms with Gasteiger partial charge in [0.15, 0.2) is 0 Å². The van der Waals surface area contributed by atoms with Gasteiger partial charge in [-0.1, -0.05) is 15.9 Å². The second-order valence-electron chi connectivity index (χ2n) is 3.24. The van der Waals surface area contributed by atoms with Gasteiger partial charge < -0.3 is 4.74 Å². The number of halogens is 1. The van der Waals surface area contributed by atoms with E-state index in [1.54, 1.807) is 13.0 Å². The highest BCUT2D eigenvalue weighted by atomic mass is 79.9. The topological polar surface area (TPSA) is 69.4 Å². The predicted octanol–water partition coefficient (Wildman–Crippen LogP) is 2.38. The number of carbonyl (C=O) groups is 1. The number of hydrogen-bond acceptors (Lipinski definition) is 4. The third-order valence-corrected chi connectivity index (χ3v) is 2.97. The van der Waals surface area contributed by atoms with Crippen LogP contribution in [-0.4, -0.2) is 18.0 Å². The average molecular weight is 288 g/mol. The number of methoxy groups -OCH3 is 1. The molecule has 0 saturated carbocycles. The Kier molecular flexibility index (Phi) is 4.00. The summed E-state index contributed by atoms with van der Waals surface area (Å²) in [5, 5.41) is 10.8. The number of esters is 1. The van der Waals surface area contributed by atoms with Crippen LogP contribution < -0.4 is 0 Å². The largest absolute Gasteiger partial charge is 0.469 e. The Balaban J connectivity index is 3.19. The molecule has 0 bridgehead atoms. The summed E-state index contributed by atoms with van der Waals surface area (Å²) in [5.74, 6) is -0.501. The highest BCUT2D eigenvalue weighted by molar-refractivity contribution is 9.10. The highest BCUT2D eigenvalue weighted by Gasteiger charge is 2.18. The van der Waals surface area contributed by atoms with Gasteiger partial charge in [0.05, 0.1) is 18.5 Å². The molecule has 1 aromatic rings. The van der Waals surface area contributed by atoms with E-state index < -0.39 is 10.9 Å². The van der Waals surface area contributed by atoms with Gasteiger partial charge in [0.1, 0.15) is 0 Å². The lowest BCUT2D eigenvalue weighted by Crippen LogP contribution is -2.07. The molecule has 0 amide bonds. The van der Waals surface area contributed by atoms with Gasteiger partial charge in [-0.2, -0.15) is 0 Å². The molecule has 0 N–H and O–H groups in total. The zero-order valence-electron chi connectivity index (χ0n) is 8.82. The first-order valence-electron chi connectivity index (χ1n) is 4.46. The number of nitrogens with zero attached hydrogens (tertiary/aromatic N) is 1. The van der Waals surface area contributed by atoms with Crippen molar-refractivity contribution in [3.63, 3.8) is 0 Å². The minimum Gasteiger partial charge on any atom is -0.469 e. The van der Waals surface area contributed by atoms with Gasteiger partial charge in [0.2, 0.25) is 0 Å². The zero-order chi connectivity index (χ0) is 12.3. The van der Waals surface area contributed by atoms with E-state index >= 15 is 0 Å². The van der Waals surface area contributed by atoms with Crippen molar-refractivity contribution >= 4 is 27.6 Å². The molecule has 0 spiro atoms. The lowest BCUT2D eigenvalue weighted by Gasteiger charge is -2.05. The van der Waals surface area contributed by atoms with Crippen LogP contribution in [0.4, 0.5) is 5.69 Å². The summed E-state index contributed by atoms with van der Waals surface area (Å²) in [5.41, 5.74) is 1.03. The van der Waals surface area contributed by atoms with Crippen LogP contribution in [0.1, 0.15) is 11.1 Å². The third kappa shape index (κ3) is 2.79. The maximum Gasteiger partial charge on any atom is 0.310 e. The first-order valence-corrected chi connectivity index (χ1v) is 5.25. The number of ether oxygens (including phenoxy) is 1. The van der Waals surface area contributed by atoms with Crippen LogP contribution >= 0.6 is 15.9 Å². The molecule has 0 saturated heterocycles. The highest BCUT2D eigenvalue weighted by Crippen LogP contribution is 2.27. The van der Waals surface area contributed by atoms with Crippen molar-refractivity contribution in [2.75, 3.05) is 7.11 Å². The molecule has 0 fully saturated rings. The van der Waals surface area contributed by atoms with Crippen LogP contribution in [0, 0.1) is 17.0 Å². The van der Waals surface area contributed by atoms with Gasteiger partial charge in [0, 0.05) is 16.1 Å². The molecule has 0 aliphatic rings. The maximum atomic E-state index is 11.1. The SMILES string of the molecule is COC(=O)Cc1cc(Br)c(C)cc1[N+](=O)[O-]. The fraction of sp³-hybridized carbons (Fsp3) is 0.300. The average Bonchev–Trinajstić information content (AvgIpc) is 2.22. The number of hydrogen-bond donors (Lipinski definition) is 0. The Morgan fingerprint density at radius 2 is 2.19 bits per heavy atom. The summed E-state index contributed by atoms with van der Waals surface area (Å²) >= 11 is 3.27. The van der Waals surface area contributed by atoms with E-state index in [0.717, 1.165) is 10.0 Å². The molecule has 5 nitrogen and oxygen atoms in total. The number of nitro groups is 1. The number of rotatable bonds is 3. The second-order valence-corrected chi connectivity index (χ2v) is 4.09. The standard InChI is InChI=1S/C10H10BrNO4/c1-6-3-9(12(14)15)7(4-8(6)11)5-10(13)16-2/h3-4H,5H2,1-2H3. The predicted molar refractivity (Wildman–Crippen MR) is 61.3 cm³/mol. The van der Waals surface area contributed by atoms with Crippen molar-refractivity contribution in [1.29, 1.82) is 0 Å². The zero-order valence-corrected chi connectivity index (χ0v) is 10.4. The maximum absolute atomic E-state index is 11.1. The lowest BCUT2D eigenvalue weighted by atomic mass is 10.1. The van der Waals surface area contributed by atoms with Gasteiger partial charge in [-0.15, -0.1) is 0 Å². The smallest absolute Gasteiger partial charge is 0.310 e. The van der Waals surface area contributed by atoms with Crippen molar-refractivity contribution in [2.45, 2.75) is 13.3 Å². The molecule has 0 radical (unpaired) electrons. The molecule has 0 heterocycles. The number of carbonyl (C=O) groups excluding carboxylic acids is 1. The van der Waals surface area contributed by atoms with Crippen LogP contribution in [0.25, 0.3) is 0 Å². The lowest BCUT2D eigenvalue weighted by molar-refractivity contribution is -0.385. The van der Waals surface area contributed by atoms with E-state index in [4.69, 9.17) is 0 Å². The molecular formula is C10H10BrNO4. The summed E-state index contributed by atoms with van der Waals surface area (Å²) in [6.45, 7) is 1.75. The van der Waals surface area contributed by atoms with E-state index in [1.165, 1.54) is 13.2 Å². The summed E-state index contributed by atoms with van der Waals surface area (Å²) in [4.78, 5) is 21.4. The van der Waals surface area contributed by atoms with E-state index in [9.17, 15) is 14.9 Å². The van der Waals surface area contributed by atoms with Crippen LogP contribution in [0.5, 0.6) is 0 Å². The molecule has 1 aromatic carbocycles. The van der Waals surface area contributed by atoms with Crippen molar-refractivity contribution in [3.8, 4) is 0 Å². The monoisotopic (exact) mass is 287 g/mol. The Morgan fingerprint density at radius 3 is 2.69 bits per heavy atom. The Hall–Kier alpha value is -1.43. The van der Waals surface area contributed by atoms with Crippen molar-refractivity contribution in [1.82, 2.24) is 0 Å². The van der Waals surface area contributed by atoms with Gasteiger partial charge in [-0.25, -0.2) is 0 Å². The van der Waals surface area contributed by atoms with Crippen LogP contribution in [0.3, 0.4) is 0 Å². The van der Waals surface area contributed by atoms with Gasteiger partial charge in [-0.05, 0) is 18.6 Å². The van der Waals surface area contributed by atoms with Crippen LogP contribution in [-0.2, 0) is 16.0 Å². The molecule has 0 aromatic heterocycles. The first-order chi connectivity index (χ1) is 7.45. The van der Waals surface area contributed by atoms with Crippen molar-refractivity contribution < 1.29 is 14.5 Å². The third-order valence-electron chi connectivity index (χ3n) is 2.12. The van der Waals surface area contributed by atoms with E-state index in [0.29, 0.717) is 5.56 Å². The molecular weight excluding hydrogens is 278 g/mol. The van der Waals surface area contributed by atoms with Crippen molar-refractivity contribution in [3.05, 3.63) is 37.8 Å². The fourth-order valence-electron chi connectivity index (χ4n) is 1.25. The molecule has 6 heteroatoms. The number of benzene rings is 1. The van der Waals surface area contributed by atoms with E-state index in [1.807, 2.05) is 0 Å². The molecule has 0 atom stereocenters. The van der Waals surface area contributed by atoms with Gasteiger partial charge >= 0.3 is 5.97 Å². The second kappa shape index (κ2) is 5.07. The normalized spacial score (nSPS) is 9.94. The minimum absolute atomic E-state index is 0.0638. The van der Waals surface area contributed by atoms with E-state index in [-0.39, 0.29) is 12.1 Å². The number of aryl methyl sites for hydroxylation is 1. The molecule has 0 aliphatic carbocycles. The Bertz CT molecular complexity index is 445. The Morgan fingerprint density at radius 1 is 1.56 bits per heavy atom. The summed E-state index contributed by atoms with van der Waals surface area (Å²) in [7, 11) is 1.25. The summed E-state index contributed by atoms with van der Waals surface area (Å²) < 4.78 is 5.22. The fourth-order valence-corrected chi connectivity index (χ4v) is 1.64.